The van der Waals surface area contributed by atoms with Crippen LogP contribution in [0.1, 0.15) is 33.0 Å². The predicted octanol–water partition coefficient (Wildman–Crippen LogP) is 3.94. The van der Waals surface area contributed by atoms with E-state index >= 15 is 0 Å². The second kappa shape index (κ2) is 7.17. The number of halogens is 1. The molecule has 0 radical (unpaired) electrons. The van der Waals surface area contributed by atoms with Gasteiger partial charge in [0, 0.05) is 34.5 Å². The zero-order valence-electron chi connectivity index (χ0n) is 15.9. The summed E-state index contributed by atoms with van der Waals surface area (Å²) in [6.07, 6.45) is 1.67. The van der Waals surface area contributed by atoms with Crippen LogP contribution in [0.4, 0.5) is 0 Å². The smallest absolute Gasteiger partial charge is 0.349 e. The molecule has 0 atom stereocenters. The van der Waals surface area contributed by atoms with Crippen molar-refractivity contribution in [3.8, 4) is 0 Å². The Labute approximate surface area is 182 Å². The van der Waals surface area contributed by atoms with Gasteiger partial charge in [-0.05, 0) is 37.1 Å². The van der Waals surface area contributed by atoms with E-state index in [2.05, 4.69) is 20.9 Å². The first-order valence-corrected chi connectivity index (χ1v) is 11.0. The predicted molar refractivity (Wildman–Crippen MR) is 116 cm³/mol. The van der Waals surface area contributed by atoms with Crippen molar-refractivity contribution in [2.24, 2.45) is 0 Å². The summed E-state index contributed by atoms with van der Waals surface area (Å²) in [7, 11) is 0. The summed E-state index contributed by atoms with van der Waals surface area (Å²) < 4.78 is 13.2. The number of benzene rings is 1. The minimum atomic E-state index is -0.543. The van der Waals surface area contributed by atoms with E-state index in [1.165, 1.54) is 17.4 Å². The highest BCUT2D eigenvalue weighted by Gasteiger charge is 2.24. The molecule has 9 heteroatoms. The molecule has 1 aromatic carbocycles. The van der Waals surface area contributed by atoms with Crippen LogP contribution < -0.4 is 11.2 Å². The Balaban J connectivity index is 1.48. The quantitative estimate of drug-likeness (QED) is 0.321. The number of carbonyl (C=O) groups is 1. The molecule has 0 fully saturated rings. The number of hydrogen-bond acceptors (Lipinski definition) is 7. The van der Waals surface area contributed by atoms with E-state index in [1.54, 1.807) is 23.6 Å². The number of rotatable bonds is 3. The third kappa shape index (κ3) is 3.09. The molecule has 7 nitrogen and oxygen atoms in total. The number of thiophene rings is 1. The average Bonchev–Trinajstić information content (AvgIpc) is 3.30. The number of hydrogen-bond donors (Lipinski definition) is 0. The van der Waals surface area contributed by atoms with Crippen LogP contribution in [0.15, 0.2) is 42.7 Å². The lowest BCUT2D eigenvalue weighted by molar-refractivity contribution is 0.0479. The summed E-state index contributed by atoms with van der Waals surface area (Å²) in [5.74, 6) is 0.223. The summed E-state index contributed by atoms with van der Waals surface area (Å²) in [6, 6.07) is 6.63. The highest BCUT2D eigenvalue weighted by atomic mass is 79.9. The van der Waals surface area contributed by atoms with Crippen molar-refractivity contribution in [3.05, 3.63) is 71.3 Å². The van der Waals surface area contributed by atoms with Crippen molar-refractivity contribution in [1.29, 1.82) is 0 Å². The van der Waals surface area contributed by atoms with Gasteiger partial charge in [-0.1, -0.05) is 15.9 Å². The van der Waals surface area contributed by atoms with E-state index in [0.717, 1.165) is 23.1 Å². The van der Waals surface area contributed by atoms with Gasteiger partial charge < -0.3 is 9.15 Å². The third-order valence-electron chi connectivity index (χ3n) is 5.25. The van der Waals surface area contributed by atoms with Crippen molar-refractivity contribution < 1.29 is 13.9 Å². The van der Waals surface area contributed by atoms with Crippen LogP contribution in [-0.4, -0.2) is 15.5 Å². The van der Waals surface area contributed by atoms with E-state index in [9.17, 15) is 14.4 Å². The maximum atomic E-state index is 12.8. The van der Waals surface area contributed by atoms with Crippen molar-refractivity contribution in [1.82, 2.24) is 9.55 Å². The zero-order chi connectivity index (χ0) is 21.0. The van der Waals surface area contributed by atoms with Crippen molar-refractivity contribution in [3.63, 3.8) is 0 Å². The molecule has 0 saturated carbocycles. The van der Waals surface area contributed by atoms with Gasteiger partial charge in [0.15, 0.2) is 0 Å². The number of ether oxygens (including phenoxy) is 1. The molecular weight excluding hydrogens is 472 g/mol. The van der Waals surface area contributed by atoms with Crippen LogP contribution in [0.3, 0.4) is 0 Å². The molecule has 0 aliphatic carbocycles. The van der Waals surface area contributed by atoms with E-state index in [1.807, 2.05) is 6.07 Å². The highest BCUT2D eigenvalue weighted by molar-refractivity contribution is 9.10. The number of fused-ring (bicyclic) bond motifs is 3. The Bertz CT molecular complexity index is 1470. The summed E-state index contributed by atoms with van der Waals surface area (Å²) in [6.45, 7) is 2.32. The first-order valence-electron chi connectivity index (χ1n) is 9.34. The van der Waals surface area contributed by atoms with Gasteiger partial charge in [-0.2, -0.15) is 0 Å². The second-order valence-corrected chi connectivity index (χ2v) is 9.05. The summed E-state index contributed by atoms with van der Waals surface area (Å²) >= 11 is 4.52. The molecular formula is C21H15BrN2O5S. The van der Waals surface area contributed by atoms with Crippen LogP contribution in [-0.2, 0) is 24.3 Å². The lowest BCUT2D eigenvalue weighted by atomic mass is 10.1. The Kier molecular flexibility index (Phi) is 4.59. The van der Waals surface area contributed by atoms with Gasteiger partial charge in [0.25, 0.3) is 5.56 Å². The Morgan fingerprint density at radius 2 is 2.17 bits per heavy atom. The lowest BCUT2D eigenvalue weighted by Crippen LogP contribution is -2.20. The van der Waals surface area contributed by atoms with Crippen molar-refractivity contribution in [2.75, 3.05) is 0 Å². The molecule has 3 aromatic heterocycles. The first kappa shape index (κ1) is 19.2. The van der Waals surface area contributed by atoms with Crippen molar-refractivity contribution >= 4 is 54.4 Å². The molecule has 0 spiro atoms. The molecule has 0 N–H and O–H groups in total. The first-order chi connectivity index (χ1) is 14.4. The second-order valence-electron chi connectivity index (χ2n) is 7.13. The molecule has 30 heavy (non-hydrogen) atoms. The third-order valence-corrected chi connectivity index (χ3v) is 6.91. The molecule has 4 heterocycles. The SMILES string of the molecule is Cc1c(C(=O)OCc2cc(=O)oc3cc(Br)ccc23)sc2nc3n(c(=O)c12)CCC3. The Morgan fingerprint density at radius 3 is 3.00 bits per heavy atom. The van der Waals surface area contributed by atoms with Gasteiger partial charge in [-0.3, -0.25) is 9.36 Å². The fourth-order valence-corrected chi connectivity index (χ4v) is 5.23. The van der Waals surface area contributed by atoms with Gasteiger partial charge in [-0.25, -0.2) is 14.6 Å². The largest absolute Gasteiger partial charge is 0.457 e. The minimum Gasteiger partial charge on any atom is -0.457 e. The highest BCUT2D eigenvalue weighted by Crippen LogP contribution is 2.30. The van der Waals surface area contributed by atoms with Gasteiger partial charge in [0.1, 0.15) is 27.7 Å². The maximum absolute atomic E-state index is 12.8. The topological polar surface area (TPSA) is 91.4 Å². The molecule has 152 valence electrons. The van der Waals surface area contributed by atoms with Crippen LogP contribution in [0.5, 0.6) is 0 Å². The van der Waals surface area contributed by atoms with E-state index in [-0.39, 0.29) is 12.2 Å². The average molecular weight is 487 g/mol. The Hall–Kier alpha value is -2.78. The molecule has 0 saturated heterocycles. The van der Waals surface area contributed by atoms with Crippen LogP contribution in [0.25, 0.3) is 21.2 Å². The molecule has 4 aromatic rings. The summed E-state index contributed by atoms with van der Waals surface area (Å²) in [4.78, 5) is 43.0. The monoisotopic (exact) mass is 486 g/mol. The summed E-state index contributed by atoms with van der Waals surface area (Å²) in [5, 5.41) is 1.17. The molecule has 0 unspecified atom stereocenters. The zero-order valence-corrected chi connectivity index (χ0v) is 18.3. The number of aromatic nitrogens is 2. The molecule has 0 bridgehead atoms. The lowest BCUT2D eigenvalue weighted by Gasteiger charge is -2.07. The van der Waals surface area contributed by atoms with Crippen molar-refractivity contribution in [2.45, 2.75) is 32.9 Å². The van der Waals surface area contributed by atoms with E-state index in [0.29, 0.717) is 43.7 Å². The van der Waals surface area contributed by atoms with Gasteiger partial charge in [-0.15, -0.1) is 11.3 Å². The van der Waals surface area contributed by atoms with E-state index in [4.69, 9.17) is 9.15 Å². The number of nitrogens with zero attached hydrogens (tertiary/aromatic N) is 2. The Morgan fingerprint density at radius 1 is 1.33 bits per heavy atom. The van der Waals surface area contributed by atoms with Crippen LogP contribution in [0.2, 0.25) is 0 Å². The van der Waals surface area contributed by atoms with Crippen LogP contribution >= 0.6 is 27.3 Å². The molecule has 1 aliphatic rings. The van der Waals surface area contributed by atoms with Gasteiger partial charge in [0.05, 0.1) is 5.39 Å². The summed E-state index contributed by atoms with van der Waals surface area (Å²) in [5.41, 5.74) is 0.931. The number of aryl methyl sites for hydroxylation is 2. The molecule has 1 aliphatic heterocycles. The number of esters is 1. The molecule has 0 amide bonds. The van der Waals surface area contributed by atoms with E-state index < -0.39 is 11.6 Å². The fraction of sp³-hybridized carbons (Fsp3) is 0.238. The van der Waals surface area contributed by atoms with Gasteiger partial charge >= 0.3 is 11.6 Å². The molecule has 5 rings (SSSR count). The van der Waals surface area contributed by atoms with Crippen LogP contribution in [0, 0.1) is 6.92 Å². The maximum Gasteiger partial charge on any atom is 0.349 e. The normalized spacial score (nSPS) is 13.1. The fourth-order valence-electron chi connectivity index (χ4n) is 3.80. The minimum absolute atomic E-state index is 0.0842. The van der Waals surface area contributed by atoms with Gasteiger partial charge in [0.2, 0.25) is 0 Å². The standard InChI is InChI=1S/C21H15BrN2O5S/c1-10-17-19(23-15-3-2-6-24(15)20(17)26)30-18(10)21(27)28-9-11-7-16(25)29-14-8-12(22)4-5-13(11)14/h4-5,7-8H,2-3,6,9H2,1H3. The number of carbonyl (C=O) groups excluding carboxylic acids is 1.